The zero-order chi connectivity index (χ0) is 15.5. The molecule has 7 heteroatoms. The van der Waals surface area contributed by atoms with E-state index in [9.17, 15) is 4.79 Å². The fourth-order valence-electron chi connectivity index (χ4n) is 2.86. The number of amides is 1. The molecule has 0 radical (unpaired) electrons. The molecule has 2 aliphatic rings. The van der Waals surface area contributed by atoms with Crippen molar-refractivity contribution in [1.29, 1.82) is 0 Å². The lowest BCUT2D eigenvalue weighted by molar-refractivity contribution is -0.128. The van der Waals surface area contributed by atoms with Crippen LogP contribution in [0, 0.1) is 0 Å². The monoisotopic (exact) mass is 319 g/mol. The second kappa shape index (κ2) is 4.68. The van der Waals surface area contributed by atoms with Gasteiger partial charge >= 0.3 is 0 Å². The van der Waals surface area contributed by atoms with Crippen LogP contribution in [0.2, 0.25) is 0 Å². The summed E-state index contributed by atoms with van der Waals surface area (Å²) in [5, 5.41) is 8.80. The van der Waals surface area contributed by atoms with E-state index < -0.39 is 0 Å². The molecule has 1 N–H and O–H groups in total. The zero-order valence-corrected chi connectivity index (χ0v) is 14.0. The van der Waals surface area contributed by atoms with Crippen molar-refractivity contribution in [2.24, 2.45) is 0 Å². The Morgan fingerprint density at radius 2 is 2.14 bits per heavy atom. The van der Waals surface area contributed by atoms with E-state index in [1.54, 1.807) is 11.3 Å². The summed E-state index contributed by atoms with van der Waals surface area (Å²) >= 11 is 1.55. The quantitative estimate of drug-likeness (QED) is 0.942. The highest BCUT2D eigenvalue weighted by Gasteiger charge is 2.39. The van der Waals surface area contributed by atoms with E-state index in [0.717, 1.165) is 22.3 Å². The molecule has 22 heavy (non-hydrogen) atoms. The summed E-state index contributed by atoms with van der Waals surface area (Å²) in [7, 11) is 0. The highest BCUT2D eigenvalue weighted by molar-refractivity contribution is 7.20. The average Bonchev–Trinajstić information content (AvgIpc) is 2.91. The van der Waals surface area contributed by atoms with Gasteiger partial charge in [-0.3, -0.25) is 4.79 Å². The van der Waals surface area contributed by atoms with E-state index >= 15 is 0 Å². The first kappa shape index (κ1) is 14.0. The molecule has 1 unspecified atom stereocenters. The molecule has 1 aliphatic carbocycles. The van der Waals surface area contributed by atoms with Crippen LogP contribution in [0.15, 0.2) is 6.20 Å². The molecule has 1 atom stereocenters. The Morgan fingerprint density at radius 3 is 2.77 bits per heavy atom. The maximum absolute atomic E-state index is 12.0. The Morgan fingerprint density at radius 1 is 1.36 bits per heavy atom. The smallest absolute Gasteiger partial charge is 0.225 e. The molecular formula is C15H21N5OS. The molecule has 118 valence electrons. The van der Waals surface area contributed by atoms with E-state index in [-0.39, 0.29) is 17.4 Å². The summed E-state index contributed by atoms with van der Waals surface area (Å²) in [6.45, 7) is 7.25. The predicted octanol–water partition coefficient (Wildman–Crippen LogP) is 2.26. The number of imidazole rings is 1. The van der Waals surface area contributed by atoms with Crippen LogP contribution >= 0.6 is 11.3 Å². The maximum atomic E-state index is 12.0. The van der Waals surface area contributed by atoms with E-state index in [1.165, 1.54) is 12.8 Å². The third-order valence-corrected chi connectivity index (χ3v) is 5.14. The molecule has 1 amide bonds. The number of aromatic nitrogens is 3. The molecule has 4 rings (SSSR count). The first-order chi connectivity index (χ1) is 10.4. The largest absolute Gasteiger partial charge is 0.355 e. The van der Waals surface area contributed by atoms with E-state index in [4.69, 9.17) is 0 Å². The Labute approximate surface area is 133 Å². The third-order valence-electron chi connectivity index (χ3n) is 4.29. The minimum Gasteiger partial charge on any atom is -0.355 e. The molecule has 0 aromatic carbocycles. The number of likely N-dealkylation sites (tertiary alicyclic amines) is 1. The first-order valence-electron chi connectivity index (χ1n) is 7.83. The molecule has 2 aromatic rings. The normalized spacial score (nSPS) is 22.8. The van der Waals surface area contributed by atoms with Crippen LogP contribution in [0.3, 0.4) is 0 Å². The molecular weight excluding hydrogens is 298 g/mol. The van der Waals surface area contributed by atoms with E-state index in [1.807, 2.05) is 15.6 Å². The minimum atomic E-state index is 0.0314. The van der Waals surface area contributed by atoms with Crippen molar-refractivity contribution in [3.63, 3.8) is 0 Å². The average molecular weight is 319 g/mol. The number of hydrogen-bond donors (Lipinski definition) is 1. The van der Waals surface area contributed by atoms with Crippen LogP contribution < -0.4 is 5.32 Å². The molecule has 0 spiro atoms. The number of hydrogen-bond acceptors (Lipinski definition) is 5. The van der Waals surface area contributed by atoms with Gasteiger partial charge in [0.25, 0.3) is 0 Å². The van der Waals surface area contributed by atoms with Gasteiger partial charge in [-0.2, -0.15) is 0 Å². The SMILES string of the molecule is CC(C)(C)c1cn2nc(NC3CC(=O)N(C4CC4)C3)sc2n1. The van der Waals surface area contributed by atoms with Gasteiger partial charge in [0, 0.05) is 24.4 Å². The highest BCUT2D eigenvalue weighted by Crippen LogP contribution is 2.32. The first-order valence-corrected chi connectivity index (χ1v) is 8.64. The van der Waals surface area contributed by atoms with Gasteiger partial charge in [-0.05, 0) is 12.8 Å². The van der Waals surface area contributed by atoms with Gasteiger partial charge in [-0.25, -0.2) is 9.50 Å². The zero-order valence-electron chi connectivity index (χ0n) is 13.2. The summed E-state index contributed by atoms with van der Waals surface area (Å²) in [6.07, 6.45) is 4.90. The number of fused-ring (bicyclic) bond motifs is 1. The number of nitrogens with zero attached hydrogens (tertiary/aromatic N) is 4. The van der Waals surface area contributed by atoms with Crippen molar-refractivity contribution in [1.82, 2.24) is 19.5 Å². The number of nitrogens with one attached hydrogen (secondary N) is 1. The molecule has 1 aliphatic heterocycles. The van der Waals surface area contributed by atoms with Crippen LogP contribution in [-0.4, -0.2) is 44.0 Å². The maximum Gasteiger partial charge on any atom is 0.225 e. The molecule has 2 fully saturated rings. The van der Waals surface area contributed by atoms with Crippen molar-refractivity contribution in [3.05, 3.63) is 11.9 Å². The van der Waals surface area contributed by atoms with Gasteiger partial charge in [0.1, 0.15) is 0 Å². The number of carbonyl (C=O) groups is 1. The minimum absolute atomic E-state index is 0.0314. The van der Waals surface area contributed by atoms with Crippen LogP contribution in [0.5, 0.6) is 0 Å². The number of anilines is 1. The highest BCUT2D eigenvalue weighted by atomic mass is 32.1. The second-order valence-electron chi connectivity index (χ2n) is 7.33. The van der Waals surface area contributed by atoms with Gasteiger partial charge in [0.15, 0.2) is 0 Å². The Bertz CT molecular complexity index is 692. The molecule has 3 heterocycles. The van der Waals surface area contributed by atoms with Gasteiger partial charge in [-0.1, -0.05) is 32.1 Å². The van der Waals surface area contributed by atoms with Crippen molar-refractivity contribution in [3.8, 4) is 0 Å². The fraction of sp³-hybridized carbons (Fsp3) is 0.667. The van der Waals surface area contributed by atoms with Crippen LogP contribution in [0.4, 0.5) is 5.13 Å². The van der Waals surface area contributed by atoms with Crippen molar-refractivity contribution >= 4 is 27.3 Å². The second-order valence-corrected chi connectivity index (χ2v) is 8.29. The number of carbonyl (C=O) groups excluding carboxylic acids is 1. The summed E-state index contributed by atoms with van der Waals surface area (Å²) < 4.78 is 1.84. The summed E-state index contributed by atoms with van der Waals surface area (Å²) in [5.41, 5.74) is 1.08. The molecule has 0 bridgehead atoms. The van der Waals surface area contributed by atoms with E-state index in [0.29, 0.717) is 12.5 Å². The summed E-state index contributed by atoms with van der Waals surface area (Å²) in [5.74, 6) is 0.274. The molecule has 1 saturated heterocycles. The lowest BCUT2D eigenvalue weighted by Crippen LogP contribution is -2.29. The van der Waals surface area contributed by atoms with Crippen LogP contribution in [0.1, 0.15) is 45.7 Å². The topological polar surface area (TPSA) is 62.5 Å². The van der Waals surface area contributed by atoms with Crippen LogP contribution in [-0.2, 0) is 10.2 Å². The third kappa shape index (κ3) is 2.47. The van der Waals surface area contributed by atoms with Crippen LogP contribution in [0.25, 0.3) is 4.96 Å². The molecule has 1 saturated carbocycles. The summed E-state index contributed by atoms with van der Waals surface area (Å²) in [6, 6.07) is 0.674. The molecule has 2 aromatic heterocycles. The Balaban J connectivity index is 1.48. The number of rotatable bonds is 3. The van der Waals surface area contributed by atoms with Crippen molar-refractivity contribution in [2.75, 3.05) is 11.9 Å². The standard InChI is InChI=1S/C15H21N5OS/c1-15(2,3)11-8-20-14(17-11)22-13(18-20)16-9-6-12(21)19(7-9)10-4-5-10/h8-10H,4-7H2,1-3H3,(H,16,18). The molecule has 6 nitrogen and oxygen atoms in total. The van der Waals surface area contributed by atoms with Gasteiger partial charge < -0.3 is 10.2 Å². The van der Waals surface area contributed by atoms with Gasteiger partial charge in [0.2, 0.25) is 16.0 Å². The lowest BCUT2D eigenvalue weighted by Gasteiger charge is -2.15. The predicted molar refractivity (Wildman–Crippen MR) is 86.3 cm³/mol. The Hall–Kier alpha value is -1.63. The van der Waals surface area contributed by atoms with Crippen molar-refractivity contribution < 1.29 is 4.79 Å². The fourth-order valence-corrected chi connectivity index (χ4v) is 3.72. The summed E-state index contributed by atoms with van der Waals surface area (Å²) in [4.78, 5) is 19.6. The Kier molecular flexibility index (Phi) is 2.98. The van der Waals surface area contributed by atoms with Gasteiger partial charge in [-0.15, -0.1) is 5.10 Å². The van der Waals surface area contributed by atoms with Gasteiger partial charge in [0.05, 0.1) is 17.9 Å². The van der Waals surface area contributed by atoms with Crippen molar-refractivity contribution in [2.45, 2.75) is 57.5 Å². The lowest BCUT2D eigenvalue weighted by atomic mass is 9.93. The van der Waals surface area contributed by atoms with E-state index in [2.05, 4.69) is 36.2 Å².